The van der Waals surface area contributed by atoms with Gasteiger partial charge in [0.05, 0.1) is 0 Å². The largest absolute Gasteiger partial charge is 0.237 e. The fraction of sp³-hybridized carbons (Fsp3) is 0.250. The maximum Gasteiger partial charge on any atom is 0.182 e. The van der Waals surface area contributed by atoms with E-state index in [0.717, 1.165) is 11.2 Å². The summed E-state index contributed by atoms with van der Waals surface area (Å²) in [4.78, 5) is 7.92. The van der Waals surface area contributed by atoms with Gasteiger partial charge in [0, 0.05) is 22.6 Å². The lowest BCUT2D eigenvalue weighted by atomic mass is 9.71. The smallest absolute Gasteiger partial charge is 0.182 e. The van der Waals surface area contributed by atoms with E-state index in [1.54, 1.807) is 21.8 Å². The molecule has 7 heteroatoms. The van der Waals surface area contributed by atoms with Gasteiger partial charge in [0.1, 0.15) is 0 Å². The third-order valence-electron chi connectivity index (χ3n) is 2.04. The van der Waals surface area contributed by atoms with Crippen molar-refractivity contribution in [2.45, 2.75) is 0 Å². The highest BCUT2D eigenvalue weighted by atomic mass is 15.3. The summed E-state index contributed by atoms with van der Waals surface area (Å²) in [6.45, 7) is 0. The van der Waals surface area contributed by atoms with Crippen LogP contribution < -0.4 is 20.6 Å². The van der Waals surface area contributed by atoms with Crippen LogP contribution >= 0.6 is 0 Å². The van der Waals surface area contributed by atoms with Crippen LogP contribution in [0.2, 0.25) is 0 Å². The topological polar surface area (TPSA) is 59.3 Å². The van der Waals surface area contributed by atoms with E-state index in [1.807, 2.05) is 21.4 Å². The van der Waals surface area contributed by atoms with Gasteiger partial charge < -0.3 is 0 Å². The standard InChI is InChI=1S/C8H10BN6/c1-14-7(3-10-5-12-14)9-8-4-11-6-13-15(8)2/h3-6H,1-2H3/q+1. The highest BCUT2D eigenvalue weighted by Crippen LogP contribution is 1.65. The molecular formula is C8H10BN6+. The lowest BCUT2D eigenvalue weighted by Gasteiger charge is -2.07. The van der Waals surface area contributed by atoms with E-state index >= 15 is 0 Å². The second-order valence-corrected chi connectivity index (χ2v) is 3.06. The second kappa shape index (κ2) is 4.08. The van der Waals surface area contributed by atoms with Crippen LogP contribution in [-0.2, 0) is 14.1 Å². The molecule has 0 aliphatic rings. The Hall–Kier alpha value is -1.92. The van der Waals surface area contributed by atoms with Crippen molar-refractivity contribution in [1.82, 2.24) is 20.2 Å². The van der Waals surface area contributed by atoms with Crippen molar-refractivity contribution < 1.29 is 9.36 Å². The minimum absolute atomic E-state index is 0.892. The molecule has 15 heavy (non-hydrogen) atoms. The van der Waals surface area contributed by atoms with Gasteiger partial charge in [-0.2, -0.15) is 0 Å². The van der Waals surface area contributed by atoms with Crippen molar-refractivity contribution in [3.8, 4) is 0 Å². The summed E-state index contributed by atoms with van der Waals surface area (Å²) < 4.78 is 3.47. The van der Waals surface area contributed by atoms with Gasteiger partial charge in [-0.25, -0.2) is 9.97 Å². The van der Waals surface area contributed by atoms with Crippen molar-refractivity contribution in [3.05, 3.63) is 25.0 Å². The van der Waals surface area contributed by atoms with E-state index in [-0.39, 0.29) is 0 Å². The Morgan fingerprint density at radius 3 is 1.80 bits per heavy atom. The average molecular weight is 201 g/mol. The van der Waals surface area contributed by atoms with Crippen molar-refractivity contribution in [2.24, 2.45) is 14.1 Å². The Kier molecular flexibility index (Phi) is 2.62. The first-order valence-electron chi connectivity index (χ1n) is 4.45. The molecule has 0 aliphatic heterocycles. The van der Waals surface area contributed by atoms with Crippen molar-refractivity contribution in [1.29, 1.82) is 0 Å². The fourth-order valence-corrected chi connectivity index (χ4v) is 1.15. The number of aromatic nitrogens is 6. The number of rotatable bonds is 2. The van der Waals surface area contributed by atoms with Gasteiger partial charge in [0.15, 0.2) is 26.7 Å². The Labute approximate surface area is 87.9 Å². The zero-order chi connectivity index (χ0) is 10.7. The summed E-state index contributed by atoms with van der Waals surface area (Å²) in [5, 5.41) is 8.06. The molecule has 0 aliphatic carbocycles. The third kappa shape index (κ3) is 2.12. The predicted octanol–water partition coefficient (Wildman–Crippen LogP) is -3.43. The van der Waals surface area contributed by atoms with E-state index < -0.39 is 0 Å². The first-order chi connectivity index (χ1) is 7.27. The van der Waals surface area contributed by atoms with Gasteiger partial charge in [-0.15, -0.1) is 9.36 Å². The molecule has 2 heterocycles. The highest BCUT2D eigenvalue weighted by molar-refractivity contribution is 6.64. The molecule has 0 saturated heterocycles. The van der Waals surface area contributed by atoms with Crippen LogP contribution in [0.1, 0.15) is 0 Å². The summed E-state index contributed by atoms with van der Waals surface area (Å²) in [5.41, 5.74) is 1.78. The van der Waals surface area contributed by atoms with E-state index in [1.165, 1.54) is 12.7 Å². The third-order valence-corrected chi connectivity index (χ3v) is 2.04. The van der Waals surface area contributed by atoms with Crippen LogP contribution in [0.15, 0.2) is 25.0 Å². The molecule has 2 rings (SSSR count). The van der Waals surface area contributed by atoms with Crippen LogP contribution in [0.3, 0.4) is 0 Å². The minimum Gasteiger partial charge on any atom is -0.237 e. The van der Waals surface area contributed by atoms with E-state index in [2.05, 4.69) is 20.2 Å². The fourth-order valence-electron chi connectivity index (χ4n) is 1.15. The molecule has 2 aromatic heterocycles. The van der Waals surface area contributed by atoms with Gasteiger partial charge in [-0.05, 0) is 11.2 Å². The van der Waals surface area contributed by atoms with E-state index in [9.17, 15) is 0 Å². The number of hydrogen-bond acceptors (Lipinski definition) is 4. The molecule has 0 amide bonds. The predicted molar refractivity (Wildman–Crippen MR) is 51.4 cm³/mol. The zero-order valence-corrected chi connectivity index (χ0v) is 8.57. The molecule has 74 valence electrons. The molecule has 0 saturated carbocycles. The number of aryl methyl sites for hydroxylation is 2. The van der Waals surface area contributed by atoms with Gasteiger partial charge in [-0.3, -0.25) is 0 Å². The first-order valence-corrected chi connectivity index (χ1v) is 4.45. The minimum atomic E-state index is 0.892. The Balaban J connectivity index is 2.30. The van der Waals surface area contributed by atoms with Crippen molar-refractivity contribution in [2.75, 3.05) is 0 Å². The monoisotopic (exact) mass is 201 g/mol. The molecule has 6 nitrogen and oxygen atoms in total. The highest BCUT2D eigenvalue weighted by Gasteiger charge is 2.02. The van der Waals surface area contributed by atoms with Crippen LogP contribution in [0.25, 0.3) is 0 Å². The molecule has 0 N–H and O–H groups in total. The number of nitrogens with zero attached hydrogens (tertiary/aromatic N) is 6. The Morgan fingerprint density at radius 2 is 1.40 bits per heavy atom. The maximum atomic E-state index is 4.03. The van der Waals surface area contributed by atoms with Gasteiger partial charge >= 0.3 is 0 Å². The molecule has 0 spiro atoms. The molecule has 2 aromatic rings. The average Bonchev–Trinajstić information content (AvgIpc) is 2.24. The van der Waals surface area contributed by atoms with Crippen molar-refractivity contribution in [3.63, 3.8) is 0 Å². The Bertz CT molecular complexity index is 431. The van der Waals surface area contributed by atoms with Crippen LogP contribution in [0.4, 0.5) is 0 Å². The Morgan fingerprint density at radius 1 is 0.933 bits per heavy atom. The van der Waals surface area contributed by atoms with Crippen LogP contribution in [0.5, 0.6) is 0 Å². The van der Waals surface area contributed by atoms with Crippen LogP contribution in [-0.4, -0.2) is 27.4 Å². The normalized spacial score (nSPS) is 10.3. The lowest BCUT2D eigenvalue weighted by molar-refractivity contribution is -0.719. The molecular weight excluding hydrogens is 191 g/mol. The maximum absolute atomic E-state index is 4.03. The van der Waals surface area contributed by atoms with Crippen molar-refractivity contribution >= 4 is 18.5 Å². The zero-order valence-electron chi connectivity index (χ0n) is 8.57. The summed E-state index contributed by atoms with van der Waals surface area (Å²) >= 11 is 0. The lowest BCUT2D eigenvalue weighted by Crippen LogP contribution is -2.61. The number of hydrogen-bond donors (Lipinski definition) is 0. The summed E-state index contributed by atoms with van der Waals surface area (Å²) in [6.07, 6.45) is 6.47. The van der Waals surface area contributed by atoms with E-state index in [0.29, 0.717) is 0 Å². The van der Waals surface area contributed by atoms with E-state index in [4.69, 9.17) is 0 Å². The molecule has 0 unspecified atom stereocenters. The molecule has 0 aromatic carbocycles. The second-order valence-electron chi connectivity index (χ2n) is 3.06. The molecule has 0 fully saturated rings. The van der Waals surface area contributed by atoms with Gasteiger partial charge in [-0.1, -0.05) is 7.28 Å². The van der Waals surface area contributed by atoms with Gasteiger partial charge in [0.2, 0.25) is 0 Å². The SMILES string of the molecule is C[n+]1ncncc1[B-]c1cncn[n+]1C. The van der Waals surface area contributed by atoms with Gasteiger partial charge in [0.25, 0.3) is 0 Å². The molecule has 0 atom stereocenters. The first kappa shape index (κ1) is 9.63. The molecule has 0 bridgehead atoms. The quantitative estimate of drug-likeness (QED) is 0.375. The summed E-state index contributed by atoms with van der Waals surface area (Å²) in [5.74, 6) is 0. The van der Waals surface area contributed by atoms with Crippen LogP contribution in [0, 0.1) is 0 Å². The molecule has 2 radical (unpaired) electrons. The summed E-state index contributed by atoms with van der Waals surface area (Å²) in [6, 6.07) is 0. The summed E-state index contributed by atoms with van der Waals surface area (Å²) in [7, 11) is 5.63.